The molecule has 0 aromatic carbocycles. The minimum atomic E-state index is 0.138. The van der Waals surface area contributed by atoms with Crippen LogP contribution in [-0.2, 0) is 7.05 Å². The van der Waals surface area contributed by atoms with Crippen molar-refractivity contribution in [1.29, 1.82) is 0 Å². The summed E-state index contributed by atoms with van der Waals surface area (Å²) in [5, 5.41) is 3.09. The Morgan fingerprint density at radius 1 is 1.58 bits per heavy atom. The van der Waals surface area contributed by atoms with E-state index in [2.05, 4.69) is 0 Å². The lowest BCUT2D eigenvalue weighted by molar-refractivity contribution is 0.101. The fourth-order valence-corrected chi connectivity index (χ4v) is 2.24. The third kappa shape index (κ3) is 0.898. The summed E-state index contributed by atoms with van der Waals surface area (Å²) in [7, 11) is 1.96. The second kappa shape index (κ2) is 2.45. The molecule has 2 heterocycles. The zero-order chi connectivity index (χ0) is 8.72. The summed E-state index contributed by atoms with van der Waals surface area (Å²) in [5.74, 6) is 0.138. The Labute approximate surface area is 74.4 Å². The highest BCUT2D eigenvalue weighted by molar-refractivity contribution is 7.16. The van der Waals surface area contributed by atoms with Crippen LogP contribution in [0.1, 0.15) is 17.3 Å². The molecule has 0 bridgehead atoms. The molecule has 0 N–H and O–H groups in total. The molecule has 2 rings (SSSR count). The number of aromatic nitrogens is 1. The van der Waals surface area contributed by atoms with Gasteiger partial charge in [0, 0.05) is 24.2 Å². The number of nitrogens with zero attached hydrogens (tertiary/aromatic N) is 1. The fourth-order valence-electron chi connectivity index (χ4n) is 1.38. The number of rotatable bonds is 1. The second-order valence-corrected chi connectivity index (χ2v) is 3.74. The first-order valence-corrected chi connectivity index (χ1v) is 4.61. The zero-order valence-corrected chi connectivity index (χ0v) is 7.81. The minimum absolute atomic E-state index is 0.138. The lowest BCUT2D eigenvalue weighted by atomic mass is 10.2. The first kappa shape index (κ1) is 7.55. The summed E-state index contributed by atoms with van der Waals surface area (Å²) >= 11 is 1.66. The molecule has 0 unspecified atom stereocenters. The van der Waals surface area contributed by atoms with Crippen molar-refractivity contribution in [2.75, 3.05) is 0 Å². The maximum Gasteiger partial charge on any atom is 0.161 e. The van der Waals surface area contributed by atoms with Crippen LogP contribution in [0, 0.1) is 0 Å². The molecule has 0 amide bonds. The molecule has 2 aromatic rings. The highest BCUT2D eigenvalue weighted by atomic mass is 32.1. The first-order valence-electron chi connectivity index (χ1n) is 3.73. The van der Waals surface area contributed by atoms with Gasteiger partial charge in [0.25, 0.3) is 0 Å². The van der Waals surface area contributed by atoms with E-state index in [-0.39, 0.29) is 5.78 Å². The van der Waals surface area contributed by atoms with Crippen LogP contribution in [-0.4, -0.2) is 10.4 Å². The highest BCUT2D eigenvalue weighted by Gasteiger charge is 2.10. The van der Waals surface area contributed by atoms with Gasteiger partial charge in [-0.25, -0.2) is 0 Å². The van der Waals surface area contributed by atoms with E-state index < -0.39 is 0 Å². The van der Waals surface area contributed by atoms with Crippen LogP contribution in [0.25, 0.3) is 10.2 Å². The van der Waals surface area contributed by atoms with E-state index in [0.29, 0.717) is 0 Å². The molecule has 0 aliphatic heterocycles. The zero-order valence-electron chi connectivity index (χ0n) is 7.00. The monoisotopic (exact) mass is 179 g/mol. The predicted octanol–water partition coefficient (Wildman–Crippen LogP) is 2.44. The Morgan fingerprint density at radius 3 is 3.00 bits per heavy atom. The van der Waals surface area contributed by atoms with Crippen molar-refractivity contribution in [2.24, 2.45) is 7.05 Å². The number of carbonyl (C=O) groups excluding carboxylic acids is 1. The number of aryl methyl sites for hydroxylation is 1. The van der Waals surface area contributed by atoms with E-state index in [1.807, 2.05) is 29.3 Å². The van der Waals surface area contributed by atoms with Crippen LogP contribution in [0.3, 0.4) is 0 Å². The molecule has 12 heavy (non-hydrogen) atoms. The Hall–Kier alpha value is -1.09. The van der Waals surface area contributed by atoms with Gasteiger partial charge in [0.05, 0.1) is 0 Å². The van der Waals surface area contributed by atoms with Gasteiger partial charge in [-0.05, 0) is 18.4 Å². The Balaban J connectivity index is 2.83. The summed E-state index contributed by atoms with van der Waals surface area (Å²) in [6.07, 6.45) is 1.89. The molecule has 0 aliphatic carbocycles. The van der Waals surface area contributed by atoms with Gasteiger partial charge in [-0.15, -0.1) is 11.3 Å². The molecular formula is C9H9NOS. The van der Waals surface area contributed by atoms with Crippen LogP contribution in [0.15, 0.2) is 17.6 Å². The normalized spacial score (nSPS) is 10.8. The Kier molecular flexibility index (Phi) is 1.54. The van der Waals surface area contributed by atoms with Gasteiger partial charge < -0.3 is 4.57 Å². The van der Waals surface area contributed by atoms with E-state index in [1.165, 1.54) is 4.83 Å². The van der Waals surface area contributed by atoms with Crippen LogP contribution in [0.4, 0.5) is 0 Å². The predicted molar refractivity (Wildman–Crippen MR) is 50.8 cm³/mol. The lowest BCUT2D eigenvalue weighted by Crippen LogP contribution is -1.89. The van der Waals surface area contributed by atoms with E-state index in [9.17, 15) is 4.79 Å². The quantitative estimate of drug-likeness (QED) is 0.616. The van der Waals surface area contributed by atoms with Gasteiger partial charge in [0.2, 0.25) is 0 Å². The SMILES string of the molecule is CC(=O)c1cn(C)c2sccc12. The lowest BCUT2D eigenvalue weighted by Gasteiger charge is -1.87. The van der Waals surface area contributed by atoms with Gasteiger partial charge in [-0.1, -0.05) is 0 Å². The van der Waals surface area contributed by atoms with Gasteiger partial charge in [-0.2, -0.15) is 0 Å². The third-order valence-corrected chi connectivity index (χ3v) is 2.96. The molecule has 0 fully saturated rings. The maximum absolute atomic E-state index is 11.2. The van der Waals surface area contributed by atoms with Gasteiger partial charge in [-0.3, -0.25) is 4.79 Å². The van der Waals surface area contributed by atoms with Crippen molar-refractivity contribution in [3.05, 3.63) is 23.2 Å². The van der Waals surface area contributed by atoms with Gasteiger partial charge in [0.15, 0.2) is 5.78 Å². The molecule has 0 saturated carbocycles. The number of carbonyl (C=O) groups is 1. The number of hydrogen-bond acceptors (Lipinski definition) is 2. The topological polar surface area (TPSA) is 22.0 Å². The van der Waals surface area contributed by atoms with Crippen LogP contribution in [0.2, 0.25) is 0 Å². The molecular weight excluding hydrogens is 170 g/mol. The van der Waals surface area contributed by atoms with Crippen molar-refractivity contribution < 1.29 is 4.79 Å². The molecule has 2 nitrogen and oxygen atoms in total. The summed E-state index contributed by atoms with van der Waals surface area (Å²) < 4.78 is 2.00. The standard InChI is InChI=1S/C9H9NOS/c1-6(11)8-5-10(2)9-7(8)3-4-12-9/h3-5H,1-2H3. The van der Waals surface area contributed by atoms with Crippen LogP contribution < -0.4 is 0 Å². The number of hydrogen-bond donors (Lipinski definition) is 0. The number of thiophene rings is 1. The summed E-state index contributed by atoms with van der Waals surface area (Å²) in [5.41, 5.74) is 0.828. The van der Waals surface area contributed by atoms with Crippen LogP contribution >= 0.6 is 11.3 Å². The molecule has 2 aromatic heterocycles. The molecule has 3 heteroatoms. The van der Waals surface area contributed by atoms with Crippen molar-refractivity contribution in [3.8, 4) is 0 Å². The molecule has 0 saturated heterocycles. The smallest absolute Gasteiger partial charge is 0.161 e. The van der Waals surface area contributed by atoms with E-state index in [4.69, 9.17) is 0 Å². The summed E-state index contributed by atoms with van der Waals surface area (Å²) in [6.45, 7) is 1.60. The Morgan fingerprint density at radius 2 is 2.33 bits per heavy atom. The molecule has 62 valence electrons. The molecule has 0 atom stereocenters. The summed E-state index contributed by atoms with van der Waals surface area (Å²) in [4.78, 5) is 12.3. The van der Waals surface area contributed by atoms with E-state index in [1.54, 1.807) is 18.3 Å². The molecule has 0 radical (unpaired) electrons. The van der Waals surface area contributed by atoms with Crippen molar-refractivity contribution in [3.63, 3.8) is 0 Å². The van der Waals surface area contributed by atoms with Gasteiger partial charge in [0.1, 0.15) is 4.83 Å². The molecule has 0 spiro atoms. The van der Waals surface area contributed by atoms with Crippen molar-refractivity contribution in [1.82, 2.24) is 4.57 Å². The fraction of sp³-hybridized carbons (Fsp3) is 0.222. The largest absolute Gasteiger partial charge is 0.342 e. The second-order valence-electron chi connectivity index (χ2n) is 2.85. The third-order valence-electron chi connectivity index (χ3n) is 1.96. The number of ketones is 1. The molecule has 0 aliphatic rings. The van der Waals surface area contributed by atoms with E-state index >= 15 is 0 Å². The van der Waals surface area contributed by atoms with Crippen molar-refractivity contribution in [2.45, 2.75) is 6.92 Å². The highest BCUT2D eigenvalue weighted by Crippen LogP contribution is 2.25. The average molecular weight is 179 g/mol. The number of Topliss-reactive ketones (excluding diaryl/α,β-unsaturated/α-hetero) is 1. The van der Waals surface area contributed by atoms with Crippen LogP contribution in [0.5, 0.6) is 0 Å². The van der Waals surface area contributed by atoms with E-state index in [0.717, 1.165) is 10.9 Å². The average Bonchev–Trinajstić information content (AvgIpc) is 2.53. The first-order chi connectivity index (χ1) is 5.70. The van der Waals surface area contributed by atoms with Crippen molar-refractivity contribution >= 4 is 27.3 Å². The maximum atomic E-state index is 11.2. The summed E-state index contributed by atoms with van der Waals surface area (Å²) in [6, 6.07) is 2.00. The van der Waals surface area contributed by atoms with Gasteiger partial charge >= 0.3 is 0 Å². The Bertz CT molecular complexity index is 438. The minimum Gasteiger partial charge on any atom is -0.342 e. The number of fused-ring (bicyclic) bond motifs is 1.